The fourth-order valence-electron chi connectivity index (χ4n) is 2.41. The van der Waals surface area contributed by atoms with E-state index in [1.54, 1.807) is 12.1 Å². The van der Waals surface area contributed by atoms with Crippen LogP contribution in [0.2, 0.25) is 5.02 Å². The van der Waals surface area contributed by atoms with Gasteiger partial charge in [0.25, 0.3) is 15.9 Å². The van der Waals surface area contributed by atoms with Crippen LogP contribution < -0.4 is 14.4 Å². The first-order chi connectivity index (χ1) is 12.3. The summed E-state index contributed by atoms with van der Waals surface area (Å²) in [6.45, 7) is -0.916. The standard InChI is InChI=1S/C16H13ClN2O6S/c17-11-3-1-2-4-12(11)18-26(23,24)10-5-6-14-13(7-10)19(8-16(21)22)15(20)9-25-14/h1-7,18H,8-9H2,(H,21,22). The van der Waals surface area contributed by atoms with Crippen LogP contribution in [0.5, 0.6) is 5.75 Å². The zero-order valence-corrected chi connectivity index (χ0v) is 14.7. The molecule has 0 radical (unpaired) electrons. The van der Waals surface area contributed by atoms with Gasteiger partial charge in [-0.2, -0.15) is 0 Å². The number of amides is 1. The molecule has 0 aliphatic carbocycles. The summed E-state index contributed by atoms with van der Waals surface area (Å²) in [6, 6.07) is 10.2. The lowest BCUT2D eigenvalue weighted by atomic mass is 10.2. The molecule has 2 aromatic rings. The first kappa shape index (κ1) is 18.0. The van der Waals surface area contributed by atoms with Gasteiger partial charge in [0.05, 0.1) is 21.3 Å². The fraction of sp³-hybridized carbons (Fsp3) is 0.125. The zero-order valence-electron chi connectivity index (χ0n) is 13.2. The normalized spacial score (nSPS) is 13.7. The molecule has 0 bridgehead atoms. The molecule has 0 aromatic heterocycles. The van der Waals surface area contributed by atoms with Crippen LogP contribution in [-0.2, 0) is 19.6 Å². The van der Waals surface area contributed by atoms with Crippen LogP contribution in [-0.4, -0.2) is 38.6 Å². The summed E-state index contributed by atoms with van der Waals surface area (Å²) in [5, 5.41) is 9.21. The number of fused-ring (bicyclic) bond motifs is 1. The molecule has 1 aliphatic heterocycles. The molecule has 0 saturated carbocycles. The van der Waals surface area contributed by atoms with Crippen LogP contribution in [0.3, 0.4) is 0 Å². The SMILES string of the molecule is O=C(O)CN1C(=O)COc2ccc(S(=O)(=O)Nc3ccccc3Cl)cc21. The van der Waals surface area contributed by atoms with Crippen molar-refractivity contribution < 1.29 is 27.9 Å². The molecule has 1 aliphatic rings. The Morgan fingerprint density at radius 3 is 2.69 bits per heavy atom. The van der Waals surface area contributed by atoms with Crippen molar-refractivity contribution in [2.45, 2.75) is 4.90 Å². The summed E-state index contributed by atoms with van der Waals surface area (Å²) in [6.07, 6.45) is 0. The number of carbonyl (C=O) groups is 2. The van der Waals surface area contributed by atoms with E-state index in [0.717, 1.165) is 4.90 Å². The highest BCUT2D eigenvalue weighted by Gasteiger charge is 2.29. The van der Waals surface area contributed by atoms with E-state index >= 15 is 0 Å². The second-order valence-electron chi connectivity index (χ2n) is 5.38. The summed E-state index contributed by atoms with van der Waals surface area (Å²) in [5.41, 5.74) is 0.271. The number of carboxylic acids is 1. The monoisotopic (exact) mass is 396 g/mol. The van der Waals surface area contributed by atoms with E-state index in [0.29, 0.717) is 0 Å². The Kier molecular flexibility index (Phi) is 4.75. The van der Waals surface area contributed by atoms with Gasteiger partial charge in [-0.1, -0.05) is 23.7 Å². The van der Waals surface area contributed by atoms with Crippen molar-refractivity contribution in [3.8, 4) is 5.75 Å². The van der Waals surface area contributed by atoms with E-state index in [4.69, 9.17) is 21.4 Å². The molecule has 0 atom stereocenters. The van der Waals surface area contributed by atoms with Crippen molar-refractivity contribution in [1.29, 1.82) is 0 Å². The van der Waals surface area contributed by atoms with Crippen molar-refractivity contribution >= 4 is 44.9 Å². The fourth-order valence-corrected chi connectivity index (χ4v) is 3.74. The number of hydrogen-bond donors (Lipinski definition) is 2. The van der Waals surface area contributed by atoms with E-state index in [1.165, 1.54) is 30.3 Å². The minimum atomic E-state index is -4.01. The minimum absolute atomic E-state index is 0.0747. The number of aliphatic carboxylic acids is 1. The summed E-state index contributed by atoms with van der Waals surface area (Å²) in [7, 11) is -4.01. The Hall–Kier alpha value is -2.78. The van der Waals surface area contributed by atoms with Gasteiger partial charge in [-0.3, -0.25) is 19.2 Å². The maximum atomic E-state index is 12.6. The van der Waals surface area contributed by atoms with Crippen LogP contribution >= 0.6 is 11.6 Å². The quantitative estimate of drug-likeness (QED) is 0.798. The lowest BCUT2D eigenvalue weighted by molar-refractivity contribution is -0.137. The third-order valence-corrected chi connectivity index (χ3v) is 5.29. The number of ether oxygens (including phenoxy) is 1. The highest BCUT2D eigenvalue weighted by molar-refractivity contribution is 7.92. The average Bonchev–Trinajstić information content (AvgIpc) is 2.58. The second kappa shape index (κ2) is 6.85. The molecule has 136 valence electrons. The summed E-state index contributed by atoms with van der Waals surface area (Å²) < 4.78 is 32.8. The van der Waals surface area contributed by atoms with Crippen LogP contribution in [0.4, 0.5) is 11.4 Å². The summed E-state index contributed by atoms with van der Waals surface area (Å²) in [4.78, 5) is 23.8. The van der Waals surface area contributed by atoms with Crippen molar-refractivity contribution in [1.82, 2.24) is 0 Å². The molecule has 0 saturated heterocycles. The number of halogens is 1. The first-order valence-electron chi connectivity index (χ1n) is 7.34. The van der Waals surface area contributed by atoms with Crippen LogP contribution in [0.15, 0.2) is 47.4 Å². The molecule has 0 fully saturated rings. The smallest absolute Gasteiger partial charge is 0.323 e. The molecule has 0 unspecified atom stereocenters. The molecule has 26 heavy (non-hydrogen) atoms. The predicted molar refractivity (Wildman–Crippen MR) is 94.2 cm³/mol. The largest absolute Gasteiger partial charge is 0.482 e. The molecule has 2 aromatic carbocycles. The maximum absolute atomic E-state index is 12.6. The molecule has 10 heteroatoms. The number of sulfonamides is 1. The van der Waals surface area contributed by atoms with Crippen molar-refractivity contribution in [3.05, 3.63) is 47.5 Å². The molecule has 1 amide bonds. The van der Waals surface area contributed by atoms with Gasteiger partial charge in [0, 0.05) is 0 Å². The Labute approximate surface area is 154 Å². The van der Waals surface area contributed by atoms with Gasteiger partial charge in [-0.25, -0.2) is 8.42 Å². The van der Waals surface area contributed by atoms with E-state index in [1.807, 2.05) is 0 Å². The van der Waals surface area contributed by atoms with Gasteiger partial charge < -0.3 is 9.84 Å². The Balaban J connectivity index is 1.99. The van der Waals surface area contributed by atoms with E-state index in [9.17, 15) is 18.0 Å². The van der Waals surface area contributed by atoms with Crippen molar-refractivity contribution in [3.63, 3.8) is 0 Å². The highest BCUT2D eigenvalue weighted by Crippen LogP contribution is 2.35. The van der Waals surface area contributed by atoms with Gasteiger partial charge in [0.1, 0.15) is 12.3 Å². The molecular weight excluding hydrogens is 384 g/mol. The summed E-state index contributed by atoms with van der Waals surface area (Å²) in [5.74, 6) is -1.58. The highest BCUT2D eigenvalue weighted by atomic mass is 35.5. The van der Waals surface area contributed by atoms with E-state index in [2.05, 4.69) is 4.72 Å². The summed E-state index contributed by atoms with van der Waals surface area (Å²) >= 11 is 5.97. The molecular formula is C16H13ClN2O6S. The van der Waals surface area contributed by atoms with Gasteiger partial charge in [0.15, 0.2) is 6.61 Å². The molecule has 8 nitrogen and oxygen atoms in total. The lowest BCUT2D eigenvalue weighted by Crippen LogP contribution is -2.42. The third kappa shape index (κ3) is 3.58. The number of nitrogens with zero attached hydrogens (tertiary/aromatic N) is 1. The van der Waals surface area contributed by atoms with Gasteiger partial charge >= 0.3 is 5.97 Å². The number of carbonyl (C=O) groups excluding carboxylic acids is 1. The number of rotatable bonds is 5. The van der Waals surface area contributed by atoms with Crippen LogP contribution in [0.25, 0.3) is 0 Å². The number of hydrogen-bond acceptors (Lipinski definition) is 5. The van der Waals surface area contributed by atoms with Crippen molar-refractivity contribution in [2.24, 2.45) is 0 Å². The first-order valence-corrected chi connectivity index (χ1v) is 9.20. The lowest BCUT2D eigenvalue weighted by Gasteiger charge is -2.28. The number of anilines is 2. The van der Waals surface area contributed by atoms with Crippen LogP contribution in [0, 0.1) is 0 Å². The Bertz CT molecular complexity index is 992. The third-order valence-electron chi connectivity index (χ3n) is 3.60. The number of carboxylic acid groups (broad SMARTS) is 1. The van der Waals surface area contributed by atoms with Gasteiger partial charge in [-0.05, 0) is 30.3 Å². The van der Waals surface area contributed by atoms with Gasteiger partial charge in [0.2, 0.25) is 0 Å². The second-order valence-corrected chi connectivity index (χ2v) is 7.47. The number of nitrogens with one attached hydrogen (secondary N) is 1. The topological polar surface area (TPSA) is 113 Å². The van der Waals surface area contributed by atoms with E-state index < -0.39 is 28.4 Å². The predicted octanol–water partition coefficient (Wildman–Crippen LogP) is 1.95. The van der Waals surface area contributed by atoms with Gasteiger partial charge in [-0.15, -0.1) is 0 Å². The average molecular weight is 397 g/mol. The molecule has 3 rings (SSSR count). The van der Waals surface area contributed by atoms with Crippen LogP contribution in [0.1, 0.15) is 0 Å². The maximum Gasteiger partial charge on any atom is 0.323 e. The molecule has 1 heterocycles. The number of benzene rings is 2. The van der Waals surface area contributed by atoms with E-state index in [-0.39, 0.29) is 33.6 Å². The minimum Gasteiger partial charge on any atom is -0.482 e. The Morgan fingerprint density at radius 1 is 1.27 bits per heavy atom. The Morgan fingerprint density at radius 2 is 2.00 bits per heavy atom. The molecule has 2 N–H and O–H groups in total. The zero-order chi connectivity index (χ0) is 18.9. The number of para-hydroxylation sites is 1. The van der Waals surface area contributed by atoms with Crippen molar-refractivity contribution in [2.75, 3.05) is 22.8 Å². The molecule has 0 spiro atoms.